The summed E-state index contributed by atoms with van der Waals surface area (Å²) >= 11 is 0. The Morgan fingerprint density at radius 2 is 1.86 bits per heavy atom. The van der Waals surface area contributed by atoms with E-state index in [0.717, 1.165) is 43.9 Å². The molecule has 0 unspecified atom stereocenters. The molecule has 0 aliphatic carbocycles. The average molecular weight is 483 g/mol. The van der Waals surface area contributed by atoms with Crippen LogP contribution >= 0.6 is 0 Å². The highest BCUT2D eigenvalue weighted by molar-refractivity contribution is 5.87. The summed E-state index contributed by atoms with van der Waals surface area (Å²) in [5.41, 5.74) is 0.816. The maximum Gasteiger partial charge on any atom is 0.416 e. The SMILES string of the molecule is O=C(O)c1ccc(OC2CCN(c3ccc(-c4nc5ccc(C(F)(F)F)cc5[nH]4)cn3)CC2)nc1. The number of aromatic nitrogens is 4. The lowest BCUT2D eigenvalue weighted by atomic mass is 10.1. The van der Waals surface area contributed by atoms with Crippen LogP contribution in [-0.4, -0.2) is 50.2 Å². The number of aromatic amines is 1. The summed E-state index contributed by atoms with van der Waals surface area (Å²) in [6.45, 7) is 1.43. The largest absolute Gasteiger partial charge is 0.478 e. The number of ether oxygens (including phenoxy) is 1. The Morgan fingerprint density at radius 3 is 2.49 bits per heavy atom. The molecule has 0 spiro atoms. The molecule has 4 aromatic rings. The lowest BCUT2D eigenvalue weighted by Crippen LogP contribution is -2.38. The van der Waals surface area contributed by atoms with Gasteiger partial charge < -0.3 is 19.7 Å². The van der Waals surface area contributed by atoms with E-state index in [1.54, 1.807) is 12.3 Å². The summed E-state index contributed by atoms with van der Waals surface area (Å²) in [7, 11) is 0. The maximum absolute atomic E-state index is 13.0. The van der Waals surface area contributed by atoms with Gasteiger partial charge >= 0.3 is 12.1 Å². The molecule has 0 saturated carbocycles. The van der Waals surface area contributed by atoms with Gasteiger partial charge in [-0.05, 0) is 36.4 Å². The Kier molecular flexibility index (Phi) is 5.75. The number of aromatic carboxylic acids is 1. The number of halogens is 3. The van der Waals surface area contributed by atoms with Crippen molar-refractivity contribution < 1.29 is 27.8 Å². The molecule has 8 nitrogen and oxygen atoms in total. The molecular weight excluding hydrogens is 463 g/mol. The summed E-state index contributed by atoms with van der Waals surface area (Å²) < 4.78 is 44.8. The number of carbonyl (C=O) groups is 1. The van der Waals surface area contributed by atoms with Gasteiger partial charge in [-0.25, -0.2) is 19.7 Å². The first-order valence-electron chi connectivity index (χ1n) is 10.9. The zero-order valence-corrected chi connectivity index (χ0v) is 18.3. The van der Waals surface area contributed by atoms with Crippen LogP contribution in [0.3, 0.4) is 0 Å². The smallest absolute Gasteiger partial charge is 0.416 e. The van der Waals surface area contributed by atoms with Gasteiger partial charge in [-0.2, -0.15) is 13.2 Å². The fourth-order valence-corrected chi connectivity index (χ4v) is 3.99. The number of imidazole rings is 1. The average Bonchev–Trinajstić information content (AvgIpc) is 3.28. The van der Waals surface area contributed by atoms with Gasteiger partial charge in [0.2, 0.25) is 5.88 Å². The summed E-state index contributed by atoms with van der Waals surface area (Å²) in [5.74, 6) is 0.592. The van der Waals surface area contributed by atoms with E-state index in [4.69, 9.17) is 9.84 Å². The summed E-state index contributed by atoms with van der Waals surface area (Å²) in [5, 5.41) is 8.95. The zero-order chi connectivity index (χ0) is 24.6. The number of carboxylic acids is 1. The highest BCUT2D eigenvalue weighted by Gasteiger charge is 2.30. The molecule has 0 radical (unpaired) electrons. The van der Waals surface area contributed by atoms with Crippen LogP contribution in [0.25, 0.3) is 22.4 Å². The Bertz CT molecular complexity index is 1350. The van der Waals surface area contributed by atoms with Crippen LogP contribution in [0.5, 0.6) is 5.88 Å². The van der Waals surface area contributed by atoms with Crippen LogP contribution in [0.15, 0.2) is 54.9 Å². The molecule has 5 rings (SSSR count). The molecule has 1 aliphatic heterocycles. The van der Waals surface area contributed by atoms with Gasteiger partial charge in [0.25, 0.3) is 0 Å². The van der Waals surface area contributed by atoms with Crippen LogP contribution in [0.2, 0.25) is 0 Å². The maximum atomic E-state index is 13.0. The molecule has 3 aromatic heterocycles. The third-order valence-electron chi connectivity index (χ3n) is 5.87. The van der Waals surface area contributed by atoms with Crippen LogP contribution in [0, 0.1) is 0 Å². The van der Waals surface area contributed by atoms with Crippen molar-refractivity contribution in [1.29, 1.82) is 0 Å². The molecule has 2 N–H and O–H groups in total. The molecule has 0 atom stereocenters. The first-order chi connectivity index (χ1) is 16.8. The van der Waals surface area contributed by atoms with Crippen LogP contribution in [0.4, 0.5) is 19.0 Å². The summed E-state index contributed by atoms with van der Waals surface area (Å²) in [6.07, 6.45) is -0.0361. The fourth-order valence-electron chi connectivity index (χ4n) is 3.99. The number of alkyl halides is 3. The number of H-pyrrole nitrogens is 1. The van der Waals surface area contributed by atoms with E-state index in [0.29, 0.717) is 28.3 Å². The van der Waals surface area contributed by atoms with E-state index in [1.807, 2.05) is 12.1 Å². The number of rotatable bonds is 5. The topological polar surface area (TPSA) is 104 Å². The van der Waals surface area contributed by atoms with Gasteiger partial charge in [-0.15, -0.1) is 0 Å². The number of nitrogens with zero attached hydrogens (tertiary/aromatic N) is 4. The molecule has 1 aliphatic rings. The Labute approximate surface area is 197 Å². The lowest BCUT2D eigenvalue weighted by molar-refractivity contribution is -0.137. The van der Waals surface area contributed by atoms with Gasteiger partial charge in [-0.1, -0.05) is 0 Å². The van der Waals surface area contributed by atoms with E-state index < -0.39 is 17.7 Å². The van der Waals surface area contributed by atoms with Crippen molar-refractivity contribution in [2.45, 2.75) is 25.1 Å². The van der Waals surface area contributed by atoms with Gasteiger partial charge in [0, 0.05) is 50.0 Å². The fraction of sp³-hybridized carbons (Fsp3) is 0.250. The minimum absolute atomic E-state index is 0.0363. The van der Waals surface area contributed by atoms with E-state index in [9.17, 15) is 18.0 Å². The summed E-state index contributed by atoms with van der Waals surface area (Å²) in [4.78, 5) is 28.9. The number of hydrogen-bond acceptors (Lipinski definition) is 6. The third kappa shape index (κ3) is 4.88. The number of nitrogens with one attached hydrogen (secondary N) is 1. The second-order valence-electron chi connectivity index (χ2n) is 8.21. The van der Waals surface area contributed by atoms with Crippen molar-refractivity contribution in [3.8, 4) is 17.3 Å². The standard InChI is InChI=1S/C24H20F3N5O3/c25-24(26,27)16-3-4-18-19(11-16)31-22(30-18)14-1-5-20(28-12-14)32-9-7-17(8-10-32)35-21-6-2-15(13-29-21)23(33)34/h1-6,11-13,17H,7-10H2,(H,30,31)(H,33,34). The molecule has 11 heteroatoms. The van der Waals surface area contributed by atoms with Crippen molar-refractivity contribution in [2.24, 2.45) is 0 Å². The predicted molar refractivity (Wildman–Crippen MR) is 121 cm³/mol. The van der Waals surface area contributed by atoms with Gasteiger partial charge in [0.15, 0.2) is 0 Å². The van der Waals surface area contributed by atoms with Gasteiger partial charge in [-0.3, -0.25) is 0 Å². The van der Waals surface area contributed by atoms with E-state index in [1.165, 1.54) is 18.3 Å². The lowest BCUT2D eigenvalue weighted by Gasteiger charge is -2.32. The van der Waals surface area contributed by atoms with Crippen molar-refractivity contribution >= 4 is 22.8 Å². The molecule has 1 fully saturated rings. The second kappa shape index (κ2) is 8.90. The predicted octanol–water partition coefficient (Wildman–Crippen LogP) is 4.78. The Morgan fingerprint density at radius 1 is 1.06 bits per heavy atom. The van der Waals surface area contributed by atoms with E-state index in [2.05, 4.69) is 24.8 Å². The Balaban J connectivity index is 1.21. The highest BCUT2D eigenvalue weighted by atomic mass is 19.4. The minimum Gasteiger partial charge on any atom is -0.478 e. The van der Waals surface area contributed by atoms with Crippen molar-refractivity contribution in [3.05, 3.63) is 66.0 Å². The molecular formula is C24H20F3N5O3. The van der Waals surface area contributed by atoms with E-state index in [-0.39, 0.29) is 11.7 Å². The van der Waals surface area contributed by atoms with Crippen molar-refractivity contribution in [1.82, 2.24) is 19.9 Å². The molecule has 0 bridgehead atoms. The number of benzene rings is 1. The quantitative estimate of drug-likeness (QED) is 0.421. The van der Waals surface area contributed by atoms with Crippen LogP contribution < -0.4 is 9.64 Å². The normalized spacial score (nSPS) is 14.9. The highest BCUT2D eigenvalue weighted by Crippen LogP contribution is 2.32. The molecule has 1 saturated heterocycles. The first-order valence-corrected chi connectivity index (χ1v) is 10.9. The molecule has 1 aromatic carbocycles. The minimum atomic E-state index is -4.41. The second-order valence-corrected chi connectivity index (χ2v) is 8.21. The van der Waals surface area contributed by atoms with Crippen LogP contribution in [-0.2, 0) is 6.18 Å². The van der Waals surface area contributed by atoms with Crippen molar-refractivity contribution in [2.75, 3.05) is 18.0 Å². The number of hydrogen-bond donors (Lipinski definition) is 2. The Hall–Kier alpha value is -4.15. The van der Waals surface area contributed by atoms with E-state index >= 15 is 0 Å². The monoisotopic (exact) mass is 483 g/mol. The number of carboxylic acid groups (broad SMARTS) is 1. The summed E-state index contributed by atoms with van der Waals surface area (Å²) in [6, 6.07) is 10.1. The van der Waals surface area contributed by atoms with Gasteiger partial charge in [0.05, 0.1) is 22.2 Å². The number of fused-ring (bicyclic) bond motifs is 1. The number of piperidine rings is 1. The molecule has 4 heterocycles. The van der Waals surface area contributed by atoms with Crippen LogP contribution in [0.1, 0.15) is 28.8 Å². The number of anilines is 1. The zero-order valence-electron chi connectivity index (χ0n) is 18.3. The molecule has 35 heavy (non-hydrogen) atoms. The van der Waals surface area contributed by atoms with Crippen molar-refractivity contribution in [3.63, 3.8) is 0 Å². The first kappa shape index (κ1) is 22.6. The van der Waals surface area contributed by atoms with Gasteiger partial charge in [0.1, 0.15) is 17.7 Å². The number of pyridine rings is 2. The molecule has 0 amide bonds. The third-order valence-corrected chi connectivity index (χ3v) is 5.87. The molecule has 180 valence electrons.